The number of hydrogen-bond acceptors (Lipinski definition) is 4. The number of ether oxygens (including phenoxy) is 2. The molecule has 0 radical (unpaired) electrons. The molecule has 0 saturated carbocycles. The Morgan fingerprint density at radius 1 is 0.969 bits per heavy atom. The van der Waals surface area contributed by atoms with Crippen LogP contribution in [0.1, 0.15) is 38.4 Å². The highest BCUT2D eigenvalue weighted by Gasteiger charge is 2.09. The third-order valence-corrected chi connectivity index (χ3v) is 4.91. The van der Waals surface area contributed by atoms with E-state index in [-0.39, 0.29) is 18.0 Å². The topological polar surface area (TPSA) is 48.4 Å². The molecule has 0 fully saturated rings. The first-order chi connectivity index (χ1) is 15.4. The van der Waals surface area contributed by atoms with Crippen LogP contribution in [0.3, 0.4) is 0 Å². The number of nitrogens with zero attached hydrogens (tertiary/aromatic N) is 1. The van der Waals surface area contributed by atoms with E-state index in [9.17, 15) is 9.18 Å². The summed E-state index contributed by atoms with van der Waals surface area (Å²) in [5, 5.41) is 0. The molecular weight excluding hydrogens is 405 g/mol. The molecule has 0 atom stereocenters. The van der Waals surface area contributed by atoms with Crippen molar-refractivity contribution in [1.82, 2.24) is 4.98 Å². The first-order valence-corrected chi connectivity index (χ1v) is 11.0. The summed E-state index contributed by atoms with van der Waals surface area (Å²) in [6.07, 6.45) is 2.84. The Balaban J connectivity index is 1.54. The van der Waals surface area contributed by atoms with Gasteiger partial charge in [-0.15, -0.1) is 0 Å². The maximum Gasteiger partial charge on any atom is 0.139 e. The van der Waals surface area contributed by atoms with Gasteiger partial charge in [0, 0.05) is 36.4 Å². The molecule has 4 nitrogen and oxygen atoms in total. The molecule has 1 aromatic heterocycles. The normalized spacial score (nSPS) is 10.9. The average Bonchev–Trinajstić information content (AvgIpc) is 2.77. The van der Waals surface area contributed by atoms with E-state index in [1.807, 2.05) is 63.2 Å². The molecule has 0 amide bonds. The van der Waals surface area contributed by atoms with Crippen LogP contribution in [0.5, 0.6) is 11.5 Å². The molecule has 32 heavy (non-hydrogen) atoms. The molecule has 0 saturated heterocycles. The minimum atomic E-state index is -0.347. The van der Waals surface area contributed by atoms with Crippen LogP contribution < -0.4 is 9.47 Å². The van der Waals surface area contributed by atoms with E-state index in [1.54, 1.807) is 6.20 Å². The van der Waals surface area contributed by atoms with Crippen molar-refractivity contribution in [2.75, 3.05) is 13.2 Å². The summed E-state index contributed by atoms with van der Waals surface area (Å²) in [5.74, 6) is 1.42. The molecule has 0 bridgehead atoms. The fourth-order valence-corrected chi connectivity index (χ4v) is 3.30. The van der Waals surface area contributed by atoms with Crippen LogP contribution in [-0.2, 0) is 17.6 Å². The predicted molar refractivity (Wildman–Crippen MR) is 125 cm³/mol. The zero-order chi connectivity index (χ0) is 22.9. The highest BCUT2D eigenvalue weighted by Crippen LogP contribution is 2.22. The van der Waals surface area contributed by atoms with Gasteiger partial charge < -0.3 is 9.47 Å². The van der Waals surface area contributed by atoms with Gasteiger partial charge >= 0.3 is 0 Å². The number of benzene rings is 2. The molecule has 0 aliphatic rings. The van der Waals surface area contributed by atoms with Crippen molar-refractivity contribution in [3.05, 3.63) is 77.9 Å². The maximum atomic E-state index is 13.9. The van der Waals surface area contributed by atoms with E-state index in [0.717, 1.165) is 28.1 Å². The second-order valence-electron chi connectivity index (χ2n) is 8.21. The lowest BCUT2D eigenvalue weighted by atomic mass is 10.0. The molecule has 5 heteroatoms. The molecule has 168 valence electrons. The van der Waals surface area contributed by atoms with Crippen LogP contribution in [-0.4, -0.2) is 24.0 Å². The number of carbonyl (C=O) groups is 1. The van der Waals surface area contributed by atoms with Gasteiger partial charge in [0.25, 0.3) is 0 Å². The Hall–Kier alpha value is -3.21. The fraction of sp³-hybridized carbons (Fsp3) is 0.333. The van der Waals surface area contributed by atoms with Gasteiger partial charge in [-0.1, -0.05) is 32.0 Å². The van der Waals surface area contributed by atoms with Gasteiger partial charge in [-0.2, -0.15) is 0 Å². The summed E-state index contributed by atoms with van der Waals surface area (Å²) in [6, 6.07) is 16.3. The molecule has 0 unspecified atom stereocenters. The number of Topliss-reactive ketones (excluding diaryl/α,β-unsaturated/α-hetero) is 1. The second-order valence-corrected chi connectivity index (χ2v) is 8.21. The van der Waals surface area contributed by atoms with Crippen molar-refractivity contribution in [1.29, 1.82) is 0 Å². The fourth-order valence-electron chi connectivity index (χ4n) is 3.30. The van der Waals surface area contributed by atoms with Crippen molar-refractivity contribution in [3.8, 4) is 22.6 Å². The van der Waals surface area contributed by atoms with Crippen molar-refractivity contribution < 1.29 is 18.7 Å². The van der Waals surface area contributed by atoms with Crippen LogP contribution in [0.25, 0.3) is 11.1 Å². The van der Waals surface area contributed by atoms with Crippen molar-refractivity contribution in [3.63, 3.8) is 0 Å². The SMILES string of the molecule is CCOc1ccc(-c2ccc(CC(=O)CCc3cc(F)cc(OCC(C)C)c3)nc2)cc1. The monoisotopic (exact) mass is 435 g/mol. The minimum absolute atomic E-state index is 0.0697. The van der Waals surface area contributed by atoms with E-state index < -0.39 is 0 Å². The molecule has 0 aliphatic heterocycles. The Labute approximate surface area is 189 Å². The largest absolute Gasteiger partial charge is 0.494 e. The van der Waals surface area contributed by atoms with E-state index >= 15 is 0 Å². The highest BCUT2D eigenvalue weighted by molar-refractivity contribution is 5.80. The number of aromatic nitrogens is 1. The Bertz CT molecular complexity index is 1010. The molecule has 0 spiro atoms. The van der Waals surface area contributed by atoms with Gasteiger partial charge in [-0.3, -0.25) is 9.78 Å². The summed E-state index contributed by atoms with van der Waals surface area (Å²) in [7, 11) is 0. The molecule has 2 aromatic carbocycles. The van der Waals surface area contributed by atoms with Gasteiger partial charge in [0.15, 0.2) is 0 Å². The lowest BCUT2D eigenvalue weighted by molar-refractivity contribution is -0.118. The Kier molecular flexibility index (Phi) is 8.37. The van der Waals surface area contributed by atoms with Gasteiger partial charge in [0.1, 0.15) is 23.1 Å². The molecule has 3 rings (SSSR count). The van der Waals surface area contributed by atoms with Crippen LogP contribution in [0, 0.1) is 11.7 Å². The molecule has 0 aliphatic carbocycles. The molecule has 3 aromatic rings. The lowest BCUT2D eigenvalue weighted by Gasteiger charge is -2.10. The van der Waals surface area contributed by atoms with Crippen LogP contribution >= 0.6 is 0 Å². The highest BCUT2D eigenvalue weighted by atomic mass is 19.1. The average molecular weight is 436 g/mol. The third-order valence-electron chi connectivity index (χ3n) is 4.91. The summed E-state index contributed by atoms with van der Waals surface area (Å²) >= 11 is 0. The van der Waals surface area contributed by atoms with Gasteiger partial charge in [-0.25, -0.2) is 4.39 Å². The summed E-state index contributed by atoms with van der Waals surface area (Å²) in [4.78, 5) is 16.9. The van der Waals surface area contributed by atoms with Crippen LogP contribution in [0.4, 0.5) is 4.39 Å². The van der Waals surface area contributed by atoms with Crippen molar-refractivity contribution in [2.24, 2.45) is 5.92 Å². The van der Waals surface area contributed by atoms with Gasteiger partial charge in [0.2, 0.25) is 0 Å². The maximum absolute atomic E-state index is 13.9. The second kappa shape index (κ2) is 11.4. The molecular formula is C27H30FNO3. The Morgan fingerprint density at radius 2 is 1.72 bits per heavy atom. The first kappa shape index (κ1) is 23.5. The summed E-state index contributed by atoms with van der Waals surface area (Å²) in [6.45, 7) is 7.20. The number of halogens is 1. The number of carbonyl (C=O) groups excluding carboxylic acids is 1. The smallest absolute Gasteiger partial charge is 0.139 e. The van der Waals surface area contributed by atoms with Crippen molar-refractivity contribution >= 4 is 5.78 Å². The van der Waals surface area contributed by atoms with Crippen LogP contribution in [0.2, 0.25) is 0 Å². The summed E-state index contributed by atoms with van der Waals surface area (Å²) in [5.41, 5.74) is 3.51. The number of rotatable bonds is 11. The van der Waals surface area contributed by atoms with Gasteiger partial charge in [0.05, 0.1) is 13.2 Å². The zero-order valence-corrected chi connectivity index (χ0v) is 18.9. The lowest BCUT2D eigenvalue weighted by Crippen LogP contribution is -2.07. The number of aryl methyl sites for hydroxylation is 1. The van der Waals surface area contributed by atoms with E-state index in [2.05, 4.69) is 4.98 Å². The third kappa shape index (κ3) is 7.19. The molecule has 0 N–H and O–H groups in total. The number of hydrogen-bond donors (Lipinski definition) is 0. The first-order valence-electron chi connectivity index (χ1n) is 11.0. The molecule has 1 heterocycles. The Morgan fingerprint density at radius 3 is 2.38 bits per heavy atom. The van der Waals surface area contributed by atoms with Gasteiger partial charge in [-0.05, 0) is 60.7 Å². The standard InChI is InChI=1S/C27H30FNO3/c1-4-31-26-11-7-21(8-12-26)22-6-9-24(29-17-22)16-25(30)10-5-20-13-23(28)15-27(14-20)32-18-19(2)3/h6-9,11-15,17,19H,4-5,10,16,18H2,1-3H3. The minimum Gasteiger partial charge on any atom is -0.494 e. The number of ketones is 1. The van der Waals surface area contributed by atoms with Crippen LogP contribution in [0.15, 0.2) is 60.8 Å². The summed E-state index contributed by atoms with van der Waals surface area (Å²) < 4.78 is 25.0. The van der Waals surface area contributed by atoms with E-state index in [4.69, 9.17) is 9.47 Å². The predicted octanol–water partition coefficient (Wildman–Crippen LogP) is 6.07. The number of pyridine rings is 1. The van der Waals surface area contributed by atoms with Crippen molar-refractivity contribution in [2.45, 2.75) is 40.0 Å². The quantitative estimate of drug-likeness (QED) is 0.367. The zero-order valence-electron chi connectivity index (χ0n) is 18.9. The van der Waals surface area contributed by atoms with E-state index in [1.165, 1.54) is 12.1 Å². The van der Waals surface area contributed by atoms with E-state index in [0.29, 0.717) is 37.7 Å².